The Labute approximate surface area is 109 Å². The number of carbonyl (C=O) groups is 1. The molecule has 1 aliphatic carbocycles. The second-order valence-corrected chi connectivity index (χ2v) is 5.03. The molecule has 0 spiro atoms. The van der Waals surface area contributed by atoms with E-state index < -0.39 is 22.9 Å². The molecular weight excluding hydrogens is 254 g/mol. The van der Waals surface area contributed by atoms with Crippen molar-refractivity contribution < 1.29 is 14.5 Å². The summed E-state index contributed by atoms with van der Waals surface area (Å²) in [5, 5.41) is 10.4. The molecule has 0 radical (unpaired) electrons. The molecule has 1 aromatic carbocycles. The molecule has 0 amide bonds. The highest BCUT2D eigenvalue weighted by atomic mass is 32.2. The zero-order valence-corrected chi connectivity index (χ0v) is 10.7. The van der Waals surface area contributed by atoms with Crippen molar-refractivity contribution in [2.24, 2.45) is 5.92 Å². The van der Waals surface area contributed by atoms with Crippen LogP contribution in [-0.2, 0) is 16.1 Å². The van der Waals surface area contributed by atoms with Gasteiger partial charge in [0, 0.05) is 16.2 Å². The molecule has 1 saturated carbocycles. The van der Waals surface area contributed by atoms with E-state index in [1.54, 1.807) is 11.8 Å². The fourth-order valence-electron chi connectivity index (χ4n) is 1.65. The summed E-state index contributed by atoms with van der Waals surface area (Å²) in [6.45, 7) is 0.175. The fraction of sp³-hybridized carbons (Fsp3) is 0.417. The number of benzene rings is 1. The van der Waals surface area contributed by atoms with Crippen LogP contribution in [0.3, 0.4) is 0 Å². The first-order chi connectivity index (χ1) is 8.61. The van der Waals surface area contributed by atoms with Crippen LogP contribution in [0.1, 0.15) is 12.0 Å². The third-order valence-electron chi connectivity index (χ3n) is 2.87. The van der Waals surface area contributed by atoms with Crippen LogP contribution in [-0.4, -0.2) is 23.2 Å². The lowest BCUT2D eigenvalue weighted by Gasteiger charge is -2.04. The number of hydrogen-bond donors (Lipinski definition) is 0. The number of thioether (sulfide) groups is 1. The monoisotopic (exact) mass is 267 g/mol. The van der Waals surface area contributed by atoms with Gasteiger partial charge in [0.05, 0.1) is 0 Å². The minimum absolute atomic E-state index is 0.175. The Hall–Kier alpha value is -1.56. The number of rotatable bonds is 5. The molecule has 6 heteroatoms. The van der Waals surface area contributed by atoms with Crippen LogP contribution in [0.4, 0.5) is 0 Å². The highest BCUT2D eigenvalue weighted by Gasteiger charge is 2.54. The Morgan fingerprint density at radius 2 is 2.17 bits per heavy atom. The van der Waals surface area contributed by atoms with Crippen molar-refractivity contribution in [1.29, 1.82) is 0 Å². The lowest BCUT2D eigenvalue weighted by molar-refractivity contribution is -0.497. The quantitative estimate of drug-likeness (QED) is 0.354. The first-order valence-electron chi connectivity index (χ1n) is 5.55. The average molecular weight is 267 g/mol. The molecule has 18 heavy (non-hydrogen) atoms. The van der Waals surface area contributed by atoms with E-state index in [0.29, 0.717) is 6.42 Å². The van der Waals surface area contributed by atoms with Gasteiger partial charge in [-0.2, -0.15) is 0 Å². The Morgan fingerprint density at radius 1 is 1.50 bits per heavy atom. The largest absolute Gasteiger partial charge is 0.460 e. The lowest BCUT2D eigenvalue weighted by atomic mass is 10.2. The van der Waals surface area contributed by atoms with Crippen molar-refractivity contribution >= 4 is 17.7 Å². The number of ether oxygens (including phenoxy) is 1. The van der Waals surface area contributed by atoms with Gasteiger partial charge in [0.2, 0.25) is 6.04 Å². The van der Waals surface area contributed by atoms with Crippen LogP contribution in [0.15, 0.2) is 29.2 Å². The first kappa shape index (κ1) is 12.9. The Kier molecular flexibility index (Phi) is 3.86. The van der Waals surface area contributed by atoms with Gasteiger partial charge in [0.1, 0.15) is 12.5 Å². The highest BCUT2D eigenvalue weighted by Crippen LogP contribution is 2.34. The average Bonchev–Trinajstić information content (AvgIpc) is 3.17. The molecule has 0 bridgehead atoms. The van der Waals surface area contributed by atoms with Gasteiger partial charge in [0.15, 0.2) is 0 Å². The second-order valence-electron chi connectivity index (χ2n) is 4.15. The summed E-state index contributed by atoms with van der Waals surface area (Å²) in [5.74, 6) is -1.02. The Morgan fingerprint density at radius 3 is 2.67 bits per heavy atom. The normalized spacial score (nSPS) is 21.4. The first-order valence-corrected chi connectivity index (χ1v) is 6.77. The van der Waals surface area contributed by atoms with Gasteiger partial charge in [-0.15, -0.1) is 11.8 Å². The topological polar surface area (TPSA) is 69.4 Å². The predicted molar refractivity (Wildman–Crippen MR) is 66.9 cm³/mol. The molecule has 2 unspecified atom stereocenters. The van der Waals surface area contributed by atoms with Gasteiger partial charge in [-0.1, -0.05) is 12.1 Å². The third-order valence-corrected chi connectivity index (χ3v) is 3.61. The summed E-state index contributed by atoms with van der Waals surface area (Å²) < 4.78 is 5.06. The van der Waals surface area contributed by atoms with Crippen LogP contribution in [0.5, 0.6) is 0 Å². The lowest BCUT2D eigenvalue weighted by Crippen LogP contribution is -2.13. The van der Waals surface area contributed by atoms with Crippen LogP contribution >= 0.6 is 11.8 Å². The molecule has 0 N–H and O–H groups in total. The summed E-state index contributed by atoms with van der Waals surface area (Å²) in [4.78, 5) is 22.6. The van der Waals surface area contributed by atoms with Gasteiger partial charge < -0.3 is 4.74 Å². The number of hydrogen-bond acceptors (Lipinski definition) is 5. The van der Waals surface area contributed by atoms with Gasteiger partial charge >= 0.3 is 5.97 Å². The van der Waals surface area contributed by atoms with Crippen molar-refractivity contribution in [3.05, 3.63) is 39.9 Å². The Bertz CT molecular complexity index is 460. The number of esters is 1. The maximum atomic E-state index is 11.5. The fourth-order valence-corrected chi connectivity index (χ4v) is 2.06. The summed E-state index contributed by atoms with van der Waals surface area (Å²) in [7, 11) is 0. The molecule has 5 nitrogen and oxygen atoms in total. The third kappa shape index (κ3) is 3.01. The van der Waals surface area contributed by atoms with E-state index in [1.165, 1.54) is 0 Å². The summed E-state index contributed by atoms with van der Waals surface area (Å²) in [6, 6.07) is 6.93. The van der Waals surface area contributed by atoms with Crippen molar-refractivity contribution in [3.8, 4) is 0 Å². The van der Waals surface area contributed by atoms with Gasteiger partial charge in [-0.25, -0.2) is 0 Å². The maximum absolute atomic E-state index is 11.5. The van der Waals surface area contributed by atoms with Crippen molar-refractivity contribution in [2.45, 2.75) is 24.0 Å². The molecule has 0 aliphatic heterocycles. The molecule has 1 fully saturated rings. The van der Waals surface area contributed by atoms with E-state index >= 15 is 0 Å². The van der Waals surface area contributed by atoms with Gasteiger partial charge in [-0.05, 0) is 24.0 Å². The van der Waals surface area contributed by atoms with Crippen LogP contribution in [0, 0.1) is 16.0 Å². The van der Waals surface area contributed by atoms with Crippen molar-refractivity contribution in [3.63, 3.8) is 0 Å². The summed E-state index contributed by atoms with van der Waals surface area (Å²) >= 11 is 1.64. The molecule has 96 valence electrons. The van der Waals surface area contributed by atoms with E-state index in [9.17, 15) is 14.9 Å². The van der Waals surface area contributed by atoms with Gasteiger partial charge in [0.25, 0.3) is 0 Å². The zero-order chi connectivity index (χ0) is 13.1. The van der Waals surface area contributed by atoms with Crippen LogP contribution < -0.4 is 0 Å². The molecule has 0 saturated heterocycles. The van der Waals surface area contributed by atoms with Gasteiger partial charge in [-0.3, -0.25) is 14.9 Å². The summed E-state index contributed by atoms with van der Waals surface area (Å²) in [6.07, 6.45) is 2.29. The van der Waals surface area contributed by atoms with E-state index in [-0.39, 0.29) is 6.61 Å². The minimum atomic E-state index is -0.739. The molecule has 0 heterocycles. The number of carbonyl (C=O) groups excluding carboxylic acids is 1. The molecule has 1 aromatic rings. The molecule has 1 aliphatic rings. The molecule has 0 aromatic heterocycles. The minimum Gasteiger partial charge on any atom is -0.460 e. The second kappa shape index (κ2) is 5.39. The number of nitrogens with zero attached hydrogens (tertiary/aromatic N) is 1. The van der Waals surface area contributed by atoms with E-state index in [4.69, 9.17) is 4.74 Å². The Balaban J connectivity index is 1.81. The summed E-state index contributed by atoms with van der Waals surface area (Å²) in [5.41, 5.74) is 0.888. The standard InChI is InChI=1S/C12H13NO4S/c1-18-9-4-2-8(3-5-9)7-17-12(14)10-6-11(10)13(15)16/h2-5,10-11H,6-7H2,1H3. The van der Waals surface area contributed by atoms with E-state index in [0.717, 1.165) is 10.5 Å². The van der Waals surface area contributed by atoms with E-state index in [1.807, 2.05) is 30.5 Å². The SMILES string of the molecule is CSc1ccc(COC(=O)C2CC2[N+](=O)[O-])cc1. The number of nitro groups is 1. The smallest absolute Gasteiger partial charge is 0.316 e. The molecule has 2 atom stereocenters. The predicted octanol–water partition coefficient (Wildman–Crippen LogP) is 2.12. The van der Waals surface area contributed by atoms with Crippen LogP contribution in [0.2, 0.25) is 0 Å². The molecular formula is C12H13NO4S. The zero-order valence-electron chi connectivity index (χ0n) is 9.87. The maximum Gasteiger partial charge on any atom is 0.316 e. The van der Waals surface area contributed by atoms with E-state index in [2.05, 4.69) is 0 Å². The van der Waals surface area contributed by atoms with Crippen molar-refractivity contribution in [2.75, 3.05) is 6.26 Å². The highest BCUT2D eigenvalue weighted by molar-refractivity contribution is 7.98. The van der Waals surface area contributed by atoms with Crippen molar-refractivity contribution in [1.82, 2.24) is 0 Å². The van der Waals surface area contributed by atoms with Crippen LogP contribution in [0.25, 0.3) is 0 Å². The molecule has 2 rings (SSSR count).